The molecule has 0 spiro atoms. The highest BCUT2D eigenvalue weighted by molar-refractivity contribution is 5.97. The average Bonchev–Trinajstić information content (AvgIpc) is 2.37. The Balaban J connectivity index is 2.85. The summed E-state index contributed by atoms with van der Waals surface area (Å²) in [6.07, 6.45) is 0. The number of hydrogen-bond acceptors (Lipinski definition) is 4. The first kappa shape index (κ1) is 14.3. The summed E-state index contributed by atoms with van der Waals surface area (Å²) < 4.78 is 4.96. The van der Waals surface area contributed by atoms with Gasteiger partial charge >= 0.3 is 0 Å². The van der Waals surface area contributed by atoms with E-state index in [1.54, 1.807) is 18.2 Å². The number of hydrogen-bond donors (Lipinski definition) is 3. The van der Waals surface area contributed by atoms with Crippen LogP contribution in [0.1, 0.15) is 24.2 Å². The van der Waals surface area contributed by atoms with Crippen LogP contribution in [0.25, 0.3) is 0 Å². The van der Waals surface area contributed by atoms with E-state index in [9.17, 15) is 9.90 Å². The predicted molar refractivity (Wildman–Crippen MR) is 69.8 cm³/mol. The first-order valence-corrected chi connectivity index (χ1v) is 5.88. The summed E-state index contributed by atoms with van der Waals surface area (Å²) in [6, 6.07) is 4.74. The van der Waals surface area contributed by atoms with Crippen LogP contribution in [0.3, 0.4) is 0 Å². The summed E-state index contributed by atoms with van der Waals surface area (Å²) >= 11 is 0. The fraction of sp³-hybridized carbons (Fsp3) is 0.462. The highest BCUT2D eigenvalue weighted by Crippen LogP contribution is 2.29. The van der Waals surface area contributed by atoms with Gasteiger partial charge in [-0.05, 0) is 31.5 Å². The smallest absolute Gasteiger partial charge is 0.255 e. The molecule has 4 N–H and O–H groups in total. The molecule has 2 unspecified atom stereocenters. The van der Waals surface area contributed by atoms with Crippen molar-refractivity contribution in [1.29, 1.82) is 0 Å². The van der Waals surface area contributed by atoms with Gasteiger partial charge in [-0.15, -0.1) is 0 Å². The Morgan fingerprint density at radius 1 is 1.50 bits per heavy atom. The van der Waals surface area contributed by atoms with Crippen molar-refractivity contribution in [2.24, 2.45) is 11.7 Å². The zero-order valence-electron chi connectivity index (χ0n) is 10.9. The van der Waals surface area contributed by atoms with Gasteiger partial charge < -0.3 is 20.9 Å². The molecule has 1 aromatic carbocycles. The summed E-state index contributed by atoms with van der Waals surface area (Å²) in [6.45, 7) is 4.33. The predicted octanol–water partition coefficient (Wildman–Crippen LogP) is 1.11. The van der Waals surface area contributed by atoms with Crippen LogP contribution in [-0.4, -0.2) is 30.7 Å². The van der Waals surface area contributed by atoms with E-state index in [2.05, 4.69) is 5.32 Å². The molecule has 0 fully saturated rings. The van der Waals surface area contributed by atoms with Crippen LogP contribution in [0.4, 0.5) is 0 Å². The molecular formula is C13H20N2O3. The molecule has 5 heteroatoms. The second-order valence-electron chi connectivity index (χ2n) is 4.33. The van der Waals surface area contributed by atoms with E-state index in [1.165, 1.54) is 7.11 Å². The van der Waals surface area contributed by atoms with Gasteiger partial charge in [0.05, 0.1) is 12.7 Å². The number of carbonyl (C=O) groups excluding carboxylic acids is 1. The topological polar surface area (TPSA) is 84.6 Å². The van der Waals surface area contributed by atoms with Crippen molar-refractivity contribution in [3.63, 3.8) is 0 Å². The minimum atomic E-state index is -0.334. The van der Waals surface area contributed by atoms with Crippen molar-refractivity contribution in [1.82, 2.24) is 5.32 Å². The van der Waals surface area contributed by atoms with Gasteiger partial charge in [-0.25, -0.2) is 0 Å². The number of nitrogens with one attached hydrogen (secondary N) is 1. The first-order chi connectivity index (χ1) is 8.51. The molecule has 0 heterocycles. The zero-order valence-corrected chi connectivity index (χ0v) is 10.9. The Kier molecular flexibility index (Phi) is 4.97. The molecule has 0 aliphatic carbocycles. The summed E-state index contributed by atoms with van der Waals surface area (Å²) in [5, 5.41) is 12.7. The molecule has 1 aromatic rings. The number of amides is 1. The number of ether oxygens (including phenoxy) is 1. The van der Waals surface area contributed by atoms with Crippen molar-refractivity contribution in [3.8, 4) is 11.5 Å². The molecule has 0 saturated carbocycles. The highest BCUT2D eigenvalue weighted by atomic mass is 16.5. The fourth-order valence-electron chi connectivity index (χ4n) is 1.50. The maximum absolute atomic E-state index is 12.0. The standard InChI is InChI=1S/C13H20N2O3/c1-8(7-14)9(2)15-13(17)10-5-4-6-11(18-3)12(10)16/h4-6,8-9,16H,7,14H2,1-3H3,(H,15,17). The molecule has 5 nitrogen and oxygen atoms in total. The quantitative estimate of drug-likeness (QED) is 0.733. The normalized spacial score (nSPS) is 13.8. The van der Waals surface area contributed by atoms with E-state index in [1.807, 2.05) is 13.8 Å². The second-order valence-corrected chi connectivity index (χ2v) is 4.33. The van der Waals surface area contributed by atoms with E-state index in [0.29, 0.717) is 6.54 Å². The largest absolute Gasteiger partial charge is 0.504 e. The highest BCUT2D eigenvalue weighted by Gasteiger charge is 2.18. The number of rotatable bonds is 5. The van der Waals surface area contributed by atoms with Gasteiger partial charge in [-0.3, -0.25) is 4.79 Å². The SMILES string of the molecule is COc1cccc(C(=O)NC(C)C(C)CN)c1O. The molecule has 0 bridgehead atoms. The minimum absolute atomic E-state index is 0.0619. The van der Waals surface area contributed by atoms with E-state index < -0.39 is 0 Å². The lowest BCUT2D eigenvalue weighted by Gasteiger charge is -2.20. The number of carbonyl (C=O) groups is 1. The summed E-state index contributed by atoms with van der Waals surface area (Å²) in [5.41, 5.74) is 5.74. The van der Waals surface area contributed by atoms with Crippen molar-refractivity contribution in [3.05, 3.63) is 23.8 Å². The van der Waals surface area contributed by atoms with Gasteiger partial charge in [0.2, 0.25) is 0 Å². The Hall–Kier alpha value is -1.75. The van der Waals surface area contributed by atoms with E-state index >= 15 is 0 Å². The minimum Gasteiger partial charge on any atom is -0.504 e. The molecule has 2 atom stereocenters. The lowest BCUT2D eigenvalue weighted by molar-refractivity contribution is 0.0926. The van der Waals surface area contributed by atoms with Crippen molar-refractivity contribution in [2.75, 3.05) is 13.7 Å². The van der Waals surface area contributed by atoms with Gasteiger partial charge in [0.1, 0.15) is 0 Å². The molecule has 0 saturated heterocycles. The molecular weight excluding hydrogens is 232 g/mol. The van der Waals surface area contributed by atoms with Gasteiger partial charge in [0.15, 0.2) is 11.5 Å². The molecule has 0 aliphatic rings. The monoisotopic (exact) mass is 252 g/mol. The maximum atomic E-state index is 12.0. The zero-order chi connectivity index (χ0) is 13.7. The number of phenolic OH excluding ortho intramolecular Hbond substituents is 1. The molecule has 0 aromatic heterocycles. The fourth-order valence-corrected chi connectivity index (χ4v) is 1.50. The average molecular weight is 252 g/mol. The summed E-state index contributed by atoms with van der Waals surface area (Å²) in [5.74, 6) is -0.0341. The molecule has 1 rings (SSSR count). The lowest BCUT2D eigenvalue weighted by atomic mass is 10.0. The number of aromatic hydroxyl groups is 1. The van der Waals surface area contributed by atoms with Crippen LogP contribution in [-0.2, 0) is 0 Å². The van der Waals surface area contributed by atoms with Crippen molar-refractivity contribution < 1.29 is 14.6 Å². The van der Waals surface area contributed by atoms with Crippen LogP contribution in [0.5, 0.6) is 11.5 Å². The summed E-state index contributed by atoms with van der Waals surface area (Å²) in [7, 11) is 1.44. The van der Waals surface area contributed by atoms with E-state index in [0.717, 1.165) is 0 Å². The van der Waals surface area contributed by atoms with Crippen molar-refractivity contribution in [2.45, 2.75) is 19.9 Å². The third-order valence-electron chi connectivity index (χ3n) is 3.05. The Labute approximate surface area is 107 Å². The van der Waals surface area contributed by atoms with Gasteiger partial charge in [-0.1, -0.05) is 13.0 Å². The van der Waals surface area contributed by atoms with Gasteiger partial charge in [-0.2, -0.15) is 0 Å². The third kappa shape index (κ3) is 3.13. The molecule has 0 radical (unpaired) electrons. The molecule has 1 amide bonds. The Bertz CT molecular complexity index is 421. The molecule has 100 valence electrons. The van der Waals surface area contributed by atoms with Crippen LogP contribution >= 0.6 is 0 Å². The Morgan fingerprint density at radius 2 is 2.17 bits per heavy atom. The maximum Gasteiger partial charge on any atom is 0.255 e. The summed E-state index contributed by atoms with van der Waals surface area (Å²) in [4.78, 5) is 12.0. The van der Waals surface area contributed by atoms with Crippen LogP contribution in [0.2, 0.25) is 0 Å². The number of phenols is 1. The van der Waals surface area contributed by atoms with Gasteiger partial charge in [0, 0.05) is 6.04 Å². The van der Waals surface area contributed by atoms with Crippen molar-refractivity contribution >= 4 is 5.91 Å². The molecule has 18 heavy (non-hydrogen) atoms. The van der Waals surface area contributed by atoms with Gasteiger partial charge in [0.25, 0.3) is 5.91 Å². The first-order valence-electron chi connectivity index (χ1n) is 5.88. The van der Waals surface area contributed by atoms with E-state index in [-0.39, 0.29) is 34.9 Å². The number of nitrogens with two attached hydrogens (primary N) is 1. The van der Waals surface area contributed by atoms with E-state index in [4.69, 9.17) is 10.5 Å². The lowest BCUT2D eigenvalue weighted by Crippen LogP contribution is -2.39. The van der Waals surface area contributed by atoms with Crippen LogP contribution in [0, 0.1) is 5.92 Å². The number of para-hydroxylation sites is 1. The Morgan fingerprint density at radius 3 is 2.72 bits per heavy atom. The molecule has 0 aliphatic heterocycles. The number of benzene rings is 1. The van der Waals surface area contributed by atoms with Crippen LogP contribution < -0.4 is 15.8 Å². The second kappa shape index (κ2) is 6.26. The number of methoxy groups -OCH3 is 1. The third-order valence-corrected chi connectivity index (χ3v) is 3.05. The van der Waals surface area contributed by atoms with Crippen LogP contribution in [0.15, 0.2) is 18.2 Å².